The molecule has 0 saturated heterocycles. The van der Waals surface area contributed by atoms with Gasteiger partial charge in [0.1, 0.15) is 5.82 Å². The van der Waals surface area contributed by atoms with Gasteiger partial charge in [-0.05, 0) is 24.8 Å². The Morgan fingerprint density at radius 3 is 2.94 bits per heavy atom. The van der Waals surface area contributed by atoms with Crippen LogP contribution in [0.15, 0.2) is 29.3 Å². The van der Waals surface area contributed by atoms with Gasteiger partial charge in [0.05, 0.1) is 6.54 Å². The average molecular weight is 250 g/mol. The minimum atomic E-state index is -0.151. The van der Waals surface area contributed by atoms with Crippen molar-refractivity contribution in [1.29, 1.82) is 0 Å². The predicted octanol–water partition coefficient (Wildman–Crippen LogP) is 2.80. The summed E-state index contributed by atoms with van der Waals surface area (Å²) in [4.78, 5) is 4.47. The lowest BCUT2D eigenvalue weighted by atomic mass is 10.2. The van der Waals surface area contributed by atoms with Gasteiger partial charge in [-0.3, -0.25) is 4.99 Å². The summed E-state index contributed by atoms with van der Waals surface area (Å²) in [6.45, 7) is 1.45. The lowest BCUT2D eigenvalue weighted by Gasteiger charge is -2.08. The van der Waals surface area contributed by atoms with Crippen LogP contribution in [0.25, 0.3) is 0 Å². The Kier molecular flexibility index (Phi) is 3.05. The third-order valence-corrected chi connectivity index (χ3v) is 4.55. The normalized spacial score (nSPS) is 23.6. The van der Waals surface area contributed by atoms with Crippen LogP contribution in [0.1, 0.15) is 18.4 Å². The van der Waals surface area contributed by atoms with Crippen molar-refractivity contribution in [2.45, 2.75) is 24.6 Å². The van der Waals surface area contributed by atoms with Gasteiger partial charge < -0.3 is 5.32 Å². The van der Waals surface area contributed by atoms with Gasteiger partial charge in [0.25, 0.3) is 0 Å². The van der Waals surface area contributed by atoms with Crippen molar-refractivity contribution in [2.24, 2.45) is 10.9 Å². The first-order chi connectivity index (χ1) is 8.33. The summed E-state index contributed by atoms with van der Waals surface area (Å²) in [5.41, 5.74) is 0.700. The van der Waals surface area contributed by atoms with Gasteiger partial charge in [-0.15, -0.1) is 0 Å². The molecule has 0 bridgehead atoms. The van der Waals surface area contributed by atoms with Crippen LogP contribution in [-0.2, 0) is 6.54 Å². The topological polar surface area (TPSA) is 24.4 Å². The van der Waals surface area contributed by atoms with E-state index in [0.29, 0.717) is 17.4 Å². The SMILES string of the molecule is Fc1ccccc1CNC1=NCC(C2CC2)S1. The molecule has 2 nitrogen and oxygen atoms in total. The molecular formula is C13H15FN2S. The fourth-order valence-corrected chi connectivity index (χ4v) is 3.22. The number of benzene rings is 1. The summed E-state index contributed by atoms with van der Waals surface area (Å²) >= 11 is 1.82. The molecule has 1 N–H and O–H groups in total. The standard InChI is InChI=1S/C13H15FN2S/c14-11-4-2-1-3-10(11)7-15-13-16-8-12(17-13)9-5-6-9/h1-4,9,12H,5-8H2,(H,15,16). The van der Waals surface area contributed by atoms with Crippen LogP contribution in [0.5, 0.6) is 0 Å². The highest BCUT2D eigenvalue weighted by Crippen LogP contribution is 2.41. The maximum atomic E-state index is 13.4. The van der Waals surface area contributed by atoms with E-state index in [9.17, 15) is 4.39 Å². The van der Waals surface area contributed by atoms with Crippen molar-refractivity contribution >= 4 is 16.9 Å². The van der Waals surface area contributed by atoms with E-state index in [1.807, 2.05) is 17.8 Å². The maximum absolute atomic E-state index is 13.4. The molecule has 1 aliphatic carbocycles. The molecule has 0 aromatic heterocycles. The average Bonchev–Trinajstić information content (AvgIpc) is 3.08. The van der Waals surface area contributed by atoms with E-state index in [-0.39, 0.29) is 5.82 Å². The van der Waals surface area contributed by atoms with E-state index in [0.717, 1.165) is 17.6 Å². The van der Waals surface area contributed by atoms with Crippen molar-refractivity contribution in [2.75, 3.05) is 6.54 Å². The van der Waals surface area contributed by atoms with Gasteiger partial charge in [-0.2, -0.15) is 0 Å². The van der Waals surface area contributed by atoms with Crippen LogP contribution in [0.2, 0.25) is 0 Å². The number of nitrogens with zero attached hydrogens (tertiary/aromatic N) is 1. The Labute approximate surface area is 105 Å². The lowest BCUT2D eigenvalue weighted by molar-refractivity contribution is 0.606. The molecule has 1 aliphatic heterocycles. The molecule has 3 rings (SSSR count). The molecule has 4 heteroatoms. The minimum absolute atomic E-state index is 0.151. The Morgan fingerprint density at radius 1 is 1.35 bits per heavy atom. The second kappa shape index (κ2) is 4.69. The Bertz CT molecular complexity index is 443. The zero-order chi connectivity index (χ0) is 11.7. The van der Waals surface area contributed by atoms with E-state index < -0.39 is 0 Å². The van der Waals surface area contributed by atoms with Gasteiger partial charge in [0.15, 0.2) is 5.17 Å². The molecule has 0 radical (unpaired) electrons. The van der Waals surface area contributed by atoms with E-state index in [1.54, 1.807) is 12.1 Å². The number of thioether (sulfide) groups is 1. The van der Waals surface area contributed by atoms with Crippen LogP contribution >= 0.6 is 11.8 Å². The number of amidine groups is 1. The molecule has 0 spiro atoms. The Balaban J connectivity index is 1.53. The summed E-state index contributed by atoms with van der Waals surface area (Å²) in [7, 11) is 0. The molecule has 1 unspecified atom stereocenters. The second-order valence-electron chi connectivity index (χ2n) is 4.58. The zero-order valence-corrected chi connectivity index (χ0v) is 10.3. The van der Waals surface area contributed by atoms with E-state index in [4.69, 9.17) is 0 Å². The first kappa shape index (κ1) is 11.1. The summed E-state index contributed by atoms with van der Waals surface area (Å²) in [5.74, 6) is 0.721. The first-order valence-electron chi connectivity index (χ1n) is 6.01. The van der Waals surface area contributed by atoms with E-state index in [1.165, 1.54) is 18.9 Å². The first-order valence-corrected chi connectivity index (χ1v) is 6.89. The molecule has 0 amide bonds. The lowest BCUT2D eigenvalue weighted by Crippen LogP contribution is -2.19. The number of halogens is 1. The zero-order valence-electron chi connectivity index (χ0n) is 9.53. The molecule has 1 aromatic rings. The fraction of sp³-hybridized carbons (Fsp3) is 0.462. The Morgan fingerprint density at radius 2 is 2.18 bits per heavy atom. The van der Waals surface area contributed by atoms with Crippen LogP contribution in [0.4, 0.5) is 4.39 Å². The smallest absolute Gasteiger partial charge is 0.157 e. The second-order valence-corrected chi connectivity index (χ2v) is 5.81. The number of rotatable bonds is 3. The number of nitrogens with one attached hydrogen (secondary N) is 1. The van der Waals surface area contributed by atoms with Gasteiger partial charge in [-0.25, -0.2) is 4.39 Å². The molecule has 17 heavy (non-hydrogen) atoms. The number of aliphatic imine (C=N–C) groups is 1. The number of hydrogen-bond acceptors (Lipinski definition) is 3. The minimum Gasteiger partial charge on any atom is -0.361 e. The van der Waals surface area contributed by atoms with Gasteiger partial charge >= 0.3 is 0 Å². The van der Waals surface area contributed by atoms with Crippen molar-refractivity contribution < 1.29 is 4.39 Å². The van der Waals surface area contributed by atoms with Crippen molar-refractivity contribution in [1.82, 2.24) is 5.32 Å². The molecule has 90 valence electrons. The van der Waals surface area contributed by atoms with Gasteiger partial charge in [0, 0.05) is 17.4 Å². The molecule has 2 aliphatic rings. The van der Waals surface area contributed by atoms with Crippen molar-refractivity contribution in [3.05, 3.63) is 35.6 Å². The third kappa shape index (κ3) is 2.63. The summed E-state index contributed by atoms with van der Waals surface area (Å²) in [6.07, 6.45) is 2.71. The Hall–Kier alpha value is -1.03. The van der Waals surface area contributed by atoms with Crippen LogP contribution in [0.3, 0.4) is 0 Å². The molecule has 1 atom stereocenters. The fourth-order valence-electron chi connectivity index (χ4n) is 2.01. The van der Waals surface area contributed by atoms with E-state index in [2.05, 4.69) is 10.3 Å². The van der Waals surface area contributed by atoms with Crippen LogP contribution in [-0.4, -0.2) is 17.0 Å². The molecule has 1 heterocycles. The third-order valence-electron chi connectivity index (χ3n) is 3.21. The van der Waals surface area contributed by atoms with Gasteiger partial charge in [-0.1, -0.05) is 30.0 Å². The highest BCUT2D eigenvalue weighted by atomic mass is 32.2. The molecule has 1 fully saturated rings. The van der Waals surface area contributed by atoms with Crippen LogP contribution < -0.4 is 5.32 Å². The van der Waals surface area contributed by atoms with E-state index >= 15 is 0 Å². The number of hydrogen-bond donors (Lipinski definition) is 1. The van der Waals surface area contributed by atoms with Crippen molar-refractivity contribution in [3.63, 3.8) is 0 Å². The molecule has 1 saturated carbocycles. The summed E-state index contributed by atoms with van der Waals surface area (Å²) < 4.78 is 13.4. The highest BCUT2D eigenvalue weighted by molar-refractivity contribution is 8.14. The predicted molar refractivity (Wildman–Crippen MR) is 69.6 cm³/mol. The molecule has 1 aromatic carbocycles. The molecular weight excluding hydrogens is 235 g/mol. The summed E-state index contributed by atoms with van der Waals surface area (Å²) in [5, 5.41) is 4.87. The highest BCUT2D eigenvalue weighted by Gasteiger charge is 2.35. The van der Waals surface area contributed by atoms with Gasteiger partial charge in [0.2, 0.25) is 0 Å². The van der Waals surface area contributed by atoms with Crippen molar-refractivity contribution in [3.8, 4) is 0 Å². The largest absolute Gasteiger partial charge is 0.361 e. The summed E-state index contributed by atoms with van der Waals surface area (Å²) in [6, 6.07) is 6.87. The van der Waals surface area contributed by atoms with Crippen LogP contribution in [0, 0.1) is 11.7 Å². The quantitative estimate of drug-likeness (QED) is 0.892. The monoisotopic (exact) mass is 250 g/mol. The maximum Gasteiger partial charge on any atom is 0.157 e.